The number of β-amino-alcohol motifs (C(OH)–C–C–N with tert-alkyl or cyclic N) is 1. The van der Waals surface area contributed by atoms with E-state index in [4.69, 9.17) is 0 Å². The van der Waals surface area contributed by atoms with Gasteiger partial charge in [-0.05, 0) is 32.2 Å². The maximum absolute atomic E-state index is 12.0. The van der Waals surface area contributed by atoms with Crippen LogP contribution in [0.3, 0.4) is 0 Å². The van der Waals surface area contributed by atoms with E-state index in [9.17, 15) is 9.90 Å². The van der Waals surface area contributed by atoms with Gasteiger partial charge in [-0.25, -0.2) is 0 Å². The average molecular weight is 198 g/mol. The molecule has 1 atom stereocenters. The van der Waals surface area contributed by atoms with E-state index in [1.165, 1.54) is 0 Å². The summed E-state index contributed by atoms with van der Waals surface area (Å²) >= 11 is 0. The molecule has 0 aromatic carbocycles. The van der Waals surface area contributed by atoms with Crippen LogP contribution < -0.4 is 5.32 Å². The van der Waals surface area contributed by atoms with Crippen LogP contribution in [0.1, 0.15) is 25.7 Å². The molecule has 0 spiro atoms. The van der Waals surface area contributed by atoms with Crippen LogP contribution in [0.2, 0.25) is 0 Å². The molecule has 2 saturated heterocycles. The Kier molecular flexibility index (Phi) is 2.74. The number of piperidine rings is 1. The molecule has 0 aromatic heterocycles. The molecular weight excluding hydrogens is 180 g/mol. The van der Waals surface area contributed by atoms with Crippen LogP contribution in [0, 0.1) is 0 Å². The molecule has 0 aliphatic carbocycles. The number of hydrogen-bond donors (Lipinski definition) is 2. The van der Waals surface area contributed by atoms with Crippen LogP contribution in [0.5, 0.6) is 0 Å². The van der Waals surface area contributed by atoms with Gasteiger partial charge < -0.3 is 15.3 Å². The van der Waals surface area contributed by atoms with E-state index >= 15 is 0 Å². The molecule has 2 N–H and O–H groups in total. The summed E-state index contributed by atoms with van der Waals surface area (Å²) < 4.78 is 0. The first kappa shape index (κ1) is 9.93. The Hall–Kier alpha value is -0.610. The molecule has 0 unspecified atom stereocenters. The minimum atomic E-state index is -1.12. The molecule has 14 heavy (non-hydrogen) atoms. The summed E-state index contributed by atoms with van der Waals surface area (Å²) in [4.78, 5) is 13.8. The quantitative estimate of drug-likeness (QED) is 0.609. The molecular formula is C10H18N2O2. The van der Waals surface area contributed by atoms with Crippen molar-refractivity contribution in [2.75, 3.05) is 26.2 Å². The van der Waals surface area contributed by atoms with Crippen molar-refractivity contribution in [3.05, 3.63) is 0 Å². The van der Waals surface area contributed by atoms with Gasteiger partial charge in [-0.3, -0.25) is 4.79 Å². The van der Waals surface area contributed by atoms with Crippen molar-refractivity contribution in [2.24, 2.45) is 0 Å². The molecule has 0 bridgehead atoms. The van der Waals surface area contributed by atoms with Gasteiger partial charge in [-0.2, -0.15) is 0 Å². The highest BCUT2D eigenvalue weighted by Crippen LogP contribution is 2.21. The van der Waals surface area contributed by atoms with Gasteiger partial charge in [-0.15, -0.1) is 0 Å². The van der Waals surface area contributed by atoms with Crippen molar-refractivity contribution in [2.45, 2.75) is 31.3 Å². The summed E-state index contributed by atoms with van der Waals surface area (Å²) in [6.45, 7) is 2.97. The first-order chi connectivity index (χ1) is 6.72. The topological polar surface area (TPSA) is 52.6 Å². The third kappa shape index (κ3) is 1.77. The van der Waals surface area contributed by atoms with Gasteiger partial charge >= 0.3 is 0 Å². The molecule has 1 amide bonds. The molecule has 2 heterocycles. The van der Waals surface area contributed by atoms with Gasteiger partial charge in [0.15, 0.2) is 5.60 Å². The molecule has 0 aromatic rings. The second kappa shape index (κ2) is 3.87. The Morgan fingerprint density at radius 2 is 2.00 bits per heavy atom. The third-order valence-corrected chi connectivity index (χ3v) is 3.15. The first-order valence-electron chi connectivity index (χ1n) is 5.45. The number of hydrogen-bond acceptors (Lipinski definition) is 3. The highest BCUT2D eigenvalue weighted by Gasteiger charge is 2.40. The number of carbonyl (C=O) groups excluding carboxylic acids is 1. The Morgan fingerprint density at radius 1 is 1.29 bits per heavy atom. The lowest BCUT2D eigenvalue weighted by atomic mass is 9.93. The average Bonchev–Trinajstić information content (AvgIpc) is 2.70. The van der Waals surface area contributed by atoms with Crippen LogP contribution >= 0.6 is 0 Å². The summed E-state index contributed by atoms with van der Waals surface area (Å²) in [5.74, 6) is -0.0674. The van der Waals surface area contributed by atoms with Crippen molar-refractivity contribution < 1.29 is 9.90 Å². The van der Waals surface area contributed by atoms with E-state index in [1.807, 2.05) is 0 Å². The molecule has 80 valence electrons. The Bertz CT molecular complexity index is 218. The van der Waals surface area contributed by atoms with Crippen LogP contribution in [-0.4, -0.2) is 47.7 Å². The van der Waals surface area contributed by atoms with Gasteiger partial charge in [0.25, 0.3) is 5.91 Å². The molecule has 0 radical (unpaired) electrons. The molecule has 0 saturated carbocycles. The van der Waals surface area contributed by atoms with Gasteiger partial charge in [0, 0.05) is 19.6 Å². The lowest BCUT2D eigenvalue weighted by Gasteiger charge is -2.34. The SMILES string of the molecule is O=C(N1CCCC1)[C@]1(O)CCCNC1. The van der Waals surface area contributed by atoms with Crippen LogP contribution in [0.25, 0.3) is 0 Å². The fourth-order valence-corrected chi connectivity index (χ4v) is 2.29. The Labute approximate surface area is 84.3 Å². The van der Waals surface area contributed by atoms with Crippen molar-refractivity contribution in [1.82, 2.24) is 10.2 Å². The zero-order valence-corrected chi connectivity index (χ0v) is 8.46. The van der Waals surface area contributed by atoms with Crippen LogP contribution in [0.4, 0.5) is 0 Å². The molecule has 2 aliphatic heterocycles. The van der Waals surface area contributed by atoms with Gasteiger partial charge in [-0.1, -0.05) is 0 Å². The summed E-state index contributed by atoms with van der Waals surface area (Å²) in [7, 11) is 0. The summed E-state index contributed by atoms with van der Waals surface area (Å²) in [5.41, 5.74) is -1.12. The third-order valence-electron chi connectivity index (χ3n) is 3.15. The molecule has 2 aliphatic rings. The number of aliphatic hydroxyl groups is 1. The van der Waals surface area contributed by atoms with E-state index < -0.39 is 5.60 Å². The molecule has 4 nitrogen and oxygen atoms in total. The number of likely N-dealkylation sites (tertiary alicyclic amines) is 1. The Morgan fingerprint density at radius 3 is 2.57 bits per heavy atom. The minimum Gasteiger partial charge on any atom is -0.379 e. The number of rotatable bonds is 1. The van der Waals surface area contributed by atoms with Crippen molar-refractivity contribution in [3.63, 3.8) is 0 Å². The fraction of sp³-hybridized carbons (Fsp3) is 0.900. The zero-order valence-electron chi connectivity index (χ0n) is 8.46. The number of nitrogens with zero attached hydrogens (tertiary/aromatic N) is 1. The van der Waals surface area contributed by atoms with Crippen molar-refractivity contribution in [1.29, 1.82) is 0 Å². The van der Waals surface area contributed by atoms with E-state index in [2.05, 4.69) is 5.32 Å². The predicted octanol–water partition coefficient (Wildman–Crippen LogP) is -0.277. The van der Waals surface area contributed by atoms with E-state index in [0.717, 1.165) is 38.9 Å². The highest BCUT2D eigenvalue weighted by molar-refractivity contribution is 5.85. The largest absolute Gasteiger partial charge is 0.379 e. The lowest BCUT2D eigenvalue weighted by Crippen LogP contribution is -2.56. The smallest absolute Gasteiger partial charge is 0.255 e. The summed E-state index contributed by atoms with van der Waals surface area (Å²) in [6.07, 6.45) is 3.65. The van der Waals surface area contributed by atoms with E-state index in [-0.39, 0.29) is 5.91 Å². The lowest BCUT2D eigenvalue weighted by molar-refractivity contribution is -0.151. The highest BCUT2D eigenvalue weighted by atomic mass is 16.3. The monoisotopic (exact) mass is 198 g/mol. The van der Waals surface area contributed by atoms with Gasteiger partial charge in [0.2, 0.25) is 0 Å². The van der Waals surface area contributed by atoms with E-state index in [1.54, 1.807) is 4.90 Å². The summed E-state index contributed by atoms with van der Waals surface area (Å²) in [5, 5.41) is 13.2. The molecule has 2 fully saturated rings. The maximum Gasteiger partial charge on any atom is 0.255 e. The normalized spacial score (nSPS) is 33.4. The number of amides is 1. The maximum atomic E-state index is 12.0. The molecule has 2 rings (SSSR count). The van der Waals surface area contributed by atoms with E-state index in [0.29, 0.717) is 13.0 Å². The zero-order chi connectivity index (χ0) is 10.0. The number of nitrogens with one attached hydrogen (secondary N) is 1. The minimum absolute atomic E-state index is 0.0674. The summed E-state index contributed by atoms with van der Waals surface area (Å²) in [6, 6.07) is 0. The number of carbonyl (C=O) groups is 1. The molecule has 4 heteroatoms. The van der Waals surface area contributed by atoms with Crippen molar-refractivity contribution in [3.8, 4) is 0 Å². The predicted molar refractivity (Wildman–Crippen MR) is 52.9 cm³/mol. The van der Waals surface area contributed by atoms with Gasteiger partial charge in [0.05, 0.1) is 0 Å². The van der Waals surface area contributed by atoms with Crippen LogP contribution in [-0.2, 0) is 4.79 Å². The van der Waals surface area contributed by atoms with Gasteiger partial charge in [0.1, 0.15) is 0 Å². The van der Waals surface area contributed by atoms with Crippen molar-refractivity contribution >= 4 is 5.91 Å². The Balaban J connectivity index is 2.00. The fourth-order valence-electron chi connectivity index (χ4n) is 2.29. The second-order valence-corrected chi connectivity index (χ2v) is 4.31. The first-order valence-corrected chi connectivity index (χ1v) is 5.45. The van der Waals surface area contributed by atoms with Crippen LogP contribution in [0.15, 0.2) is 0 Å². The standard InChI is InChI=1S/C10H18N2O2/c13-9(12-6-1-2-7-12)10(14)4-3-5-11-8-10/h11,14H,1-8H2/t10-/m0/s1. The second-order valence-electron chi connectivity index (χ2n) is 4.31.